The van der Waals surface area contributed by atoms with E-state index in [1.165, 1.54) is 11.1 Å². The van der Waals surface area contributed by atoms with Crippen molar-refractivity contribution in [3.05, 3.63) is 24.3 Å². The molecule has 15 heavy (non-hydrogen) atoms. The lowest BCUT2D eigenvalue weighted by Crippen LogP contribution is -2.18. The smallest absolute Gasteiger partial charge is 0.199 e. The van der Waals surface area contributed by atoms with E-state index in [9.17, 15) is 21.6 Å². The molecule has 84 valence electrons. The number of hydrogen-bond donors (Lipinski definition) is 0. The lowest BCUT2D eigenvalue weighted by Gasteiger charge is -2.10. The average molecular weight is 240 g/mol. The fourth-order valence-electron chi connectivity index (χ4n) is 0.834. The van der Waals surface area contributed by atoms with E-state index >= 15 is 0 Å². The summed E-state index contributed by atoms with van der Waals surface area (Å²) in [6.45, 7) is 0. The summed E-state index contributed by atoms with van der Waals surface area (Å²) in [5.41, 5.74) is 2.85. The summed E-state index contributed by atoms with van der Waals surface area (Å²) in [6.07, 6.45) is -4.78. The molecule has 0 N–H and O–H groups in total. The van der Waals surface area contributed by atoms with E-state index in [2.05, 4.69) is 28.4 Å². The monoisotopic (exact) mass is 240 g/mol. The molecule has 0 aromatic heterocycles. The summed E-state index contributed by atoms with van der Waals surface area (Å²) in [6, 6.07) is 8.48. The Hall–Kier alpha value is -1.08. The second kappa shape index (κ2) is 3.82. The maximum Gasteiger partial charge on any atom is 0.537 e. The summed E-state index contributed by atoms with van der Waals surface area (Å²) in [4.78, 5) is 0. The van der Waals surface area contributed by atoms with E-state index < -0.39 is 16.5 Å². The van der Waals surface area contributed by atoms with Gasteiger partial charge in [0.15, 0.2) is 0 Å². The first-order chi connectivity index (χ1) is 6.67. The lowest BCUT2D eigenvalue weighted by atomic mass is 9.95. The molecule has 0 radical (unpaired) electrons. The Labute approximate surface area is 84.6 Å². The minimum Gasteiger partial charge on any atom is -0.199 e. The standard InChI is InChI=1S/C6H4.C2H3F3O3S/c1-2-6-4-3-5(1)6;1-9(6,7)8-2(3,4)5/h1-4H;1H3. The fraction of sp³-hybridized carbons (Fsp3) is 0.250. The van der Waals surface area contributed by atoms with Crippen molar-refractivity contribution in [3.8, 4) is 11.1 Å². The van der Waals surface area contributed by atoms with Crippen LogP contribution in [0.4, 0.5) is 13.2 Å². The minimum absolute atomic E-state index is 0.320. The molecule has 0 unspecified atom stereocenters. The van der Waals surface area contributed by atoms with E-state index in [1.54, 1.807) is 0 Å². The molecule has 2 aliphatic carbocycles. The zero-order valence-corrected chi connectivity index (χ0v) is 8.39. The topological polar surface area (TPSA) is 43.4 Å². The summed E-state index contributed by atoms with van der Waals surface area (Å²) in [5.74, 6) is 0. The SMILES string of the molecule is CS(=O)(=O)OC(F)(F)F.c1cc2ccc1-2. The summed E-state index contributed by atoms with van der Waals surface area (Å²) < 4.78 is 54.9. The van der Waals surface area contributed by atoms with Crippen LogP contribution in [0.1, 0.15) is 0 Å². The van der Waals surface area contributed by atoms with E-state index in [0.29, 0.717) is 6.26 Å². The molecule has 0 fully saturated rings. The Kier molecular flexibility index (Phi) is 3.05. The molecule has 3 nitrogen and oxygen atoms in total. The molecule has 0 heterocycles. The number of hydrogen-bond acceptors (Lipinski definition) is 3. The second-order valence-electron chi connectivity index (χ2n) is 2.81. The largest absolute Gasteiger partial charge is 0.537 e. The Balaban J connectivity index is 0.000000158. The van der Waals surface area contributed by atoms with E-state index in [0.717, 1.165) is 0 Å². The van der Waals surface area contributed by atoms with Crippen LogP contribution in [-0.4, -0.2) is 21.0 Å². The first-order valence-electron chi connectivity index (χ1n) is 3.75. The van der Waals surface area contributed by atoms with Crippen molar-refractivity contribution in [1.29, 1.82) is 0 Å². The Morgan fingerprint density at radius 2 is 1.40 bits per heavy atom. The zero-order chi connectivity index (χ0) is 11.7. The van der Waals surface area contributed by atoms with Crippen LogP contribution < -0.4 is 0 Å². The highest BCUT2D eigenvalue weighted by Crippen LogP contribution is 2.29. The van der Waals surface area contributed by atoms with Gasteiger partial charge in [-0.2, -0.15) is 12.6 Å². The number of halogens is 3. The predicted octanol–water partition coefficient (Wildman–Crippen LogP) is 2.15. The molecular weight excluding hydrogens is 233 g/mol. The molecule has 0 bridgehead atoms. The zero-order valence-electron chi connectivity index (χ0n) is 7.58. The van der Waals surface area contributed by atoms with Gasteiger partial charge in [-0.1, -0.05) is 24.3 Å². The number of alkyl halides is 3. The van der Waals surface area contributed by atoms with Crippen molar-refractivity contribution in [2.45, 2.75) is 6.36 Å². The van der Waals surface area contributed by atoms with Gasteiger partial charge in [0.25, 0.3) is 10.1 Å². The molecule has 0 amide bonds. The molecule has 2 aliphatic rings. The van der Waals surface area contributed by atoms with Gasteiger partial charge in [0.05, 0.1) is 6.26 Å². The highest BCUT2D eigenvalue weighted by Gasteiger charge is 2.34. The first kappa shape index (κ1) is 12.0. The maximum absolute atomic E-state index is 11.0. The van der Waals surface area contributed by atoms with E-state index in [4.69, 9.17) is 0 Å². The molecule has 0 atom stereocenters. The fourth-order valence-corrected chi connectivity index (χ4v) is 1.18. The molecule has 0 aromatic carbocycles. The van der Waals surface area contributed by atoms with Gasteiger partial charge in [-0.25, -0.2) is 0 Å². The Bertz CT molecular complexity index is 412. The van der Waals surface area contributed by atoms with Gasteiger partial charge in [0.2, 0.25) is 0 Å². The number of fused-ring (bicyclic) bond motifs is 1. The molecular formula is C8H7F3O3S. The van der Waals surface area contributed by atoms with Gasteiger partial charge >= 0.3 is 6.36 Å². The Morgan fingerprint density at radius 1 is 1.07 bits per heavy atom. The van der Waals surface area contributed by atoms with Crippen LogP contribution in [0.15, 0.2) is 24.3 Å². The van der Waals surface area contributed by atoms with Crippen molar-refractivity contribution >= 4 is 10.1 Å². The van der Waals surface area contributed by atoms with Crippen molar-refractivity contribution in [3.63, 3.8) is 0 Å². The van der Waals surface area contributed by atoms with Crippen LogP contribution in [0.3, 0.4) is 0 Å². The molecule has 0 spiro atoms. The van der Waals surface area contributed by atoms with Crippen LogP contribution >= 0.6 is 0 Å². The molecule has 0 saturated heterocycles. The molecule has 0 saturated carbocycles. The quantitative estimate of drug-likeness (QED) is 0.717. The van der Waals surface area contributed by atoms with Crippen LogP contribution in [0.2, 0.25) is 0 Å². The van der Waals surface area contributed by atoms with Gasteiger partial charge in [0, 0.05) is 0 Å². The van der Waals surface area contributed by atoms with Gasteiger partial charge in [-0.05, 0) is 11.1 Å². The number of rotatable bonds is 1. The maximum atomic E-state index is 11.0. The van der Waals surface area contributed by atoms with Crippen molar-refractivity contribution in [2.75, 3.05) is 6.26 Å². The normalized spacial score (nSPS) is 12.8. The van der Waals surface area contributed by atoms with Gasteiger partial charge in [-0.15, -0.1) is 13.2 Å². The van der Waals surface area contributed by atoms with Crippen LogP contribution in [0.25, 0.3) is 11.1 Å². The summed E-state index contributed by atoms with van der Waals surface area (Å²) >= 11 is 0. The Morgan fingerprint density at radius 3 is 1.40 bits per heavy atom. The van der Waals surface area contributed by atoms with E-state index in [1.807, 2.05) is 0 Å². The second-order valence-corrected chi connectivity index (χ2v) is 4.39. The van der Waals surface area contributed by atoms with Crippen molar-refractivity contribution in [2.24, 2.45) is 0 Å². The van der Waals surface area contributed by atoms with Crippen LogP contribution in [0, 0.1) is 0 Å². The third-order valence-electron chi connectivity index (χ3n) is 1.46. The average Bonchev–Trinajstić information content (AvgIpc) is 1.90. The molecule has 0 aromatic rings. The molecule has 2 rings (SSSR count). The number of benzene rings is 1. The van der Waals surface area contributed by atoms with E-state index in [-0.39, 0.29) is 0 Å². The van der Waals surface area contributed by atoms with Crippen molar-refractivity contribution < 1.29 is 25.8 Å². The first-order valence-corrected chi connectivity index (χ1v) is 5.57. The lowest BCUT2D eigenvalue weighted by molar-refractivity contribution is -0.271. The third kappa shape index (κ3) is 4.30. The third-order valence-corrected chi connectivity index (χ3v) is 1.96. The van der Waals surface area contributed by atoms with Gasteiger partial charge in [-0.3, -0.25) is 0 Å². The van der Waals surface area contributed by atoms with Crippen LogP contribution in [0.5, 0.6) is 0 Å². The summed E-state index contributed by atoms with van der Waals surface area (Å²) in [5, 5.41) is 0. The molecule has 0 aliphatic heterocycles. The van der Waals surface area contributed by atoms with Crippen LogP contribution in [-0.2, 0) is 14.3 Å². The van der Waals surface area contributed by atoms with Gasteiger partial charge in [0.1, 0.15) is 0 Å². The highest BCUT2D eigenvalue weighted by atomic mass is 32.2. The predicted molar refractivity (Wildman–Crippen MR) is 47.4 cm³/mol. The van der Waals surface area contributed by atoms with Crippen molar-refractivity contribution in [1.82, 2.24) is 0 Å². The minimum atomic E-state index is -5.10. The molecule has 7 heteroatoms. The summed E-state index contributed by atoms with van der Waals surface area (Å²) in [7, 11) is -4.41. The van der Waals surface area contributed by atoms with Gasteiger partial charge < -0.3 is 0 Å². The highest BCUT2D eigenvalue weighted by molar-refractivity contribution is 7.86.